The van der Waals surface area contributed by atoms with Crippen LogP contribution in [0, 0.1) is 0 Å². The van der Waals surface area contributed by atoms with Crippen LogP contribution in [-0.4, -0.2) is 24.3 Å². The van der Waals surface area contributed by atoms with Crippen LogP contribution in [0.25, 0.3) is 0 Å². The minimum absolute atomic E-state index is 0.244. The Kier molecular flexibility index (Phi) is 3.98. The highest BCUT2D eigenvalue weighted by Gasteiger charge is 2.15. The number of hydrogen-bond acceptors (Lipinski definition) is 4. The van der Waals surface area contributed by atoms with Gasteiger partial charge in [-0.05, 0) is 25.0 Å². The van der Waals surface area contributed by atoms with Crippen molar-refractivity contribution in [1.29, 1.82) is 0 Å². The third-order valence-corrected chi connectivity index (χ3v) is 2.91. The van der Waals surface area contributed by atoms with Gasteiger partial charge in [0.25, 0.3) is 0 Å². The maximum Gasteiger partial charge on any atom is 0.123 e. The number of ether oxygens (including phenoxy) is 2. The first kappa shape index (κ1) is 11.6. The molecule has 2 rings (SSSR count). The van der Waals surface area contributed by atoms with Gasteiger partial charge >= 0.3 is 0 Å². The smallest absolute Gasteiger partial charge is 0.123 e. The van der Waals surface area contributed by atoms with Gasteiger partial charge in [-0.1, -0.05) is 11.6 Å². The molecule has 0 atom stereocenters. The molecule has 0 bridgehead atoms. The van der Waals surface area contributed by atoms with Gasteiger partial charge < -0.3 is 15.2 Å². The summed E-state index contributed by atoms with van der Waals surface area (Å²) in [5.41, 5.74) is 6.29. The Labute approximate surface area is 99.7 Å². The quantitative estimate of drug-likeness (QED) is 0.881. The fraction of sp³-hybridized carbons (Fsp3) is 0.545. The maximum absolute atomic E-state index is 5.99. The standard InChI is InChI=1S/C11H15ClN2O2/c12-9-1-2-11(13)14-10(9)7-16-8-3-5-15-6-4-8/h1-2,8H,3-7H2,(H2,13,14). The molecular weight excluding hydrogens is 228 g/mol. The van der Waals surface area contributed by atoms with Gasteiger partial charge in [0.15, 0.2) is 0 Å². The molecule has 1 fully saturated rings. The topological polar surface area (TPSA) is 57.4 Å². The molecule has 2 N–H and O–H groups in total. The van der Waals surface area contributed by atoms with E-state index in [1.807, 2.05) is 0 Å². The molecule has 0 unspecified atom stereocenters. The molecule has 0 amide bonds. The maximum atomic E-state index is 5.99. The van der Waals surface area contributed by atoms with E-state index in [4.69, 9.17) is 26.8 Å². The summed E-state index contributed by atoms with van der Waals surface area (Å²) in [6.45, 7) is 1.94. The van der Waals surface area contributed by atoms with Crippen molar-refractivity contribution in [1.82, 2.24) is 4.98 Å². The predicted octanol–water partition coefficient (Wildman–Crippen LogP) is 2.01. The van der Waals surface area contributed by atoms with Crippen LogP contribution in [0.2, 0.25) is 5.02 Å². The number of nitrogens with zero attached hydrogens (tertiary/aromatic N) is 1. The molecule has 0 spiro atoms. The van der Waals surface area contributed by atoms with Crippen molar-refractivity contribution in [2.75, 3.05) is 18.9 Å². The highest BCUT2D eigenvalue weighted by atomic mass is 35.5. The van der Waals surface area contributed by atoms with Gasteiger partial charge in [-0.25, -0.2) is 4.98 Å². The van der Waals surface area contributed by atoms with Crippen molar-refractivity contribution in [2.24, 2.45) is 0 Å². The van der Waals surface area contributed by atoms with Gasteiger partial charge in [-0.3, -0.25) is 0 Å². The largest absolute Gasteiger partial charge is 0.384 e. The average Bonchev–Trinajstić information content (AvgIpc) is 2.32. The van der Waals surface area contributed by atoms with Crippen molar-refractivity contribution in [3.63, 3.8) is 0 Å². The van der Waals surface area contributed by atoms with Crippen LogP contribution in [0.4, 0.5) is 5.82 Å². The molecule has 5 heteroatoms. The van der Waals surface area contributed by atoms with Crippen molar-refractivity contribution >= 4 is 17.4 Å². The van der Waals surface area contributed by atoms with Crippen LogP contribution in [-0.2, 0) is 16.1 Å². The summed E-state index contributed by atoms with van der Waals surface area (Å²) in [6, 6.07) is 3.42. The molecule has 0 aromatic carbocycles. The Hall–Kier alpha value is -0.840. The summed E-state index contributed by atoms with van der Waals surface area (Å²) >= 11 is 5.99. The summed E-state index contributed by atoms with van der Waals surface area (Å²) in [5, 5.41) is 0.598. The van der Waals surface area contributed by atoms with E-state index in [2.05, 4.69) is 4.98 Å². The first-order valence-corrected chi connectivity index (χ1v) is 5.74. The lowest BCUT2D eigenvalue weighted by molar-refractivity contribution is -0.0398. The van der Waals surface area contributed by atoms with Crippen LogP contribution < -0.4 is 5.73 Å². The molecule has 0 saturated carbocycles. The summed E-state index contributed by atoms with van der Waals surface area (Å²) < 4.78 is 11.0. The lowest BCUT2D eigenvalue weighted by Crippen LogP contribution is -2.23. The number of hydrogen-bond donors (Lipinski definition) is 1. The molecule has 0 aliphatic carbocycles. The van der Waals surface area contributed by atoms with Crippen LogP contribution >= 0.6 is 11.6 Å². The normalized spacial score (nSPS) is 17.6. The van der Waals surface area contributed by atoms with E-state index in [9.17, 15) is 0 Å². The fourth-order valence-electron chi connectivity index (χ4n) is 1.64. The lowest BCUT2D eigenvalue weighted by atomic mass is 10.1. The number of anilines is 1. The van der Waals surface area contributed by atoms with E-state index in [0.29, 0.717) is 23.1 Å². The Morgan fingerprint density at radius 3 is 2.94 bits per heavy atom. The van der Waals surface area contributed by atoms with Crippen molar-refractivity contribution in [2.45, 2.75) is 25.6 Å². The molecule has 2 heterocycles. The molecule has 88 valence electrons. The molecule has 1 aromatic rings. The zero-order valence-electron chi connectivity index (χ0n) is 8.99. The minimum atomic E-state index is 0.244. The van der Waals surface area contributed by atoms with E-state index in [0.717, 1.165) is 26.1 Å². The second-order valence-corrected chi connectivity index (χ2v) is 4.19. The first-order chi connectivity index (χ1) is 7.75. The minimum Gasteiger partial charge on any atom is -0.384 e. The van der Waals surface area contributed by atoms with Crippen molar-refractivity contribution in [3.8, 4) is 0 Å². The molecule has 4 nitrogen and oxygen atoms in total. The third-order valence-electron chi connectivity index (χ3n) is 2.56. The van der Waals surface area contributed by atoms with E-state index < -0.39 is 0 Å². The summed E-state index contributed by atoms with van der Waals surface area (Å²) in [5.74, 6) is 0.468. The van der Waals surface area contributed by atoms with Crippen LogP contribution in [0.5, 0.6) is 0 Å². The second kappa shape index (κ2) is 5.48. The van der Waals surface area contributed by atoms with Gasteiger partial charge in [0, 0.05) is 13.2 Å². The van der Waals surface area contributed by atoms with Crippen LogP contribution in [0.1, 0.15) is 18.5 Å². The molecule has 0 radical (unpaired) electrons. The lowest BCUT2D eigenvalue weighted by Gasteiger charge is -2.22. The molecule has 1 saturated heterocycles. The van der Waals surface area contributed by atoms with E-state index in [1.54, 1.807) is 12.1 Å². The molecule has 1 aliphatic heterocycles. The number of aromatic nitrogens is 1. The van der Waals surface area contributed by atoms with Gasteiger partial charge in [0.2, 0.25) is 0 Å². The number of nitrogens with two attached hydrogens (primary N) is 1. The molecule has 1 aromatic heterocycles. The molecule has 16 heavy (non-hydrogen) atoms. The number of rotatable bonds is 3. The number of pyridine rings is 1. The number of halogens is 1. The zero-order chi connectivity index (χ0) is 11.4. The van der Waals surface area contributed by atoms with E-state index in [-0.39, 0.29) is 6.10 Å². The SMILES string of the molecule is Nc1ccc(Cl)c(COC2CCOCC2)n1. The van der Waals surface area contributed by atoms with Crippen LogP contribution in [0.3, 0.4) is 0 Å². The Balaban J connectivity index is 1.90. The van der Waals surface area contributed by atoms with E-state index in [1.165, 1.54) is 0 Å². The monoisotopic (exact) mass is 242 g/mol. The van der Waals surface area contributed by atoms with Gasteiger partial charge in [-0.2, -0.15) is 0 Å². The predicted molar refractivity (Wildman–Crippen MR) is 62.3 cm³/mol. The zero-order valence-corrected chi connectivity index (χ0v) is 9.74. The van der Waals surface area contributed by atoms with Gasteiger partial charge in [-0.15, -0.1) is 0 Å². The highest BCUT2D eigenvalue weighted by molar-refractivity contribution is 6.31. The first-order valence-electron chi connectivity index (χ1n) is 5.36. The third kappa shape index (κ3) is 3.07. The van der Waals surface area contributed by atoms with Crippen molar-refractivity contribution < 1.29 is 9.47 Å². The Morgan fingerprint density at radius 2 is 2.19 bits per heavy atom. The fourth-order valence-corrected chi connectivity index (χ4v) is 1.80. The highest BCUT2D eigenvalue weighted by Crippen LogP contribution is 2.18. The molecular formula is C11H15ClN2O2. The summed E-state index contributed by atoms with van der Waals surface area (Å²) in [4.78, 5) is 4.15. The average molecular weight is 243 g/mol. The van der Waals surface area contributed by atoms with Gasteiger partial charge in [0.1, 0.15) is 5.82 Å². The van der Waals surface area contributed by atoms with Crippen molar-refractivity contribution in [3.05, 3.63) is 22.8 Å². The van der Waals surface area contributed by atoms with E-state index >= 15 is 0 Å². The van der Waals surface area contributed by atoms with Crippen LogP contribution in [0.15, 0.2) is 12.1 Å². The van der Waals surface area contributed by atoms with Gasteiger partial charge in [0.05, 0.1) is 23.4 Å². The second-order valence-electron chi connectivity index (χ2n) is 3.79. The summed E-state index contributed by atoms with van der Waals surface area (Å²) in [7, 11) is 0. The summed E-state index contributed by atoms with van der Waals surface area (Å²) in [6.07, 6.45) is 2.10. The number of nitrogen functional groups attached to an aromatic ring is 1. The molecule has 1 aliphatic rings. The Morgan fingerprint density at radius 1 is 1.44 bits per heavy atom. The Bertz CT molecular complexity index is 354.